The van der Waals surface area contributed by atoms with Crippen LogP contribution in [0.4, 0.5) is 0 Å². The predicted octanol–water partition coefficient (Wildman–Crippen LogP) is 4.22. The van der Waals surface area contributed by atoms with E-state index in [1.54, 1.807) is 30.3 Å². The molecule has 0 aliphatic heterocycles. The van der Waals surface area contributed by atoms with Crippen LogP contribution in [0.5, 0.6) is 0 Å². The molecule has 7 heteroatoms. The molecule has 2 fully saturated rings. The minimum Gasteiger partial charge on any atom is -0.469 e. The Morgan fingerprint density at radius 1 is 1.20 bits per heavy atom. The van der Waals surface area contributed by atoms with E-state index in [0.717, 1.165) is 31.3 Å². The standard InChI is InChI=1S/C28H38O6S/c1-34-28(31)13-7-12-27(35(32,33)22-10-3-2-4-11-22)21-16-20-18-26(30)23(24(20)17-21)14-15-25(29)19-8-5-6-9-19/h2-4,10-11,14-16,19-20,23-27,29-30H,5-9,12-13,17-18H2,1H3/b15-14+/t20-,23-,24-,25+,26+,27?/m0/s1. The van der Waals surface area contributed by atoms with E-state index in [4.69, 9.17) is 4.74 Å². The first kappa shape index (κ1) is 26.1. The quantitative estimate of drug-likeness (QED) is 0.367. The second-order valence-electron chi connectivity index (χ2n) is 10.4. The summed E-state index contributed by atoms with van der Waals surface area (Å²) in [6, 6.07) is 8.49. The van der Waals surface area contributed by atoms with Crippen LogP contribution in [0.15, 0.2) is 59.0 Å². The number of carbonyl (C=O) groups excluding carboxylic acids is 1. The molecule has 0 radical (unpaired) electrons. The van der Waals surface area contributed by atoms with Gasteiger partial charge >= 0.3 is 5.97 Å². The normalized spacial score (nSPS) is 28.7. The number of esters is 1. The van der Waals surface area contributed by atoms with E-state index >= 15 is 0 Å². The molecular formula is C28H38O6S. The van der Waals surface area contributed by atoms with E-state index < -0.39 is 27.3 Å². The number of carbonyl (C=O) groups is 1. The maximum absolute atomic E-state index is 13.6. The number of hydrogen-bond donors (Lipinski definition) is 2. The van der Waals surface area contributed by atoms with Crippen LogP contribution in [0.25, 0.3) is 0 Å². The van der Waals surface area contributed by atoms with Gasteiger partial charge in [-0.1, -0.05) is 54.8 Å². The highest BCUT2D eigenvalue weighted by Gasteiger charge is 2.46. The van der Waals surface area contributed by atoms with Crippen LogP contribution in [-0.4, -0.2) is 49.2 Å². The zero-order chi connectivity index (χ0) is 25.0. The number of sulfone groups is 1. The molecule has 3 aliphatic carbocycles. The number of methoxy groups -OCH3 is 1. The summed E-state index contributed by atoms with van der Waals surface area (Å²) >= 11 is 0. The number of aliphatic hydroxyl groups is 2. The van der Waals surface area contributed by atoms with E-state index in [-0.39, 0.29) is 35.0 Å². The van der Waals surface area contributed by atoms with E-state index in [9.17, 15) is 23.4 Å². The van der Waals surface area contributed by atoms with Crippen molar-refractivity contribution in [2.75, 3.05) is 7.11 Å². The highest BCUT2D eigenvalue weighted by Crippen LogP contribution is 2.49. The topological polar surface area (TPSA) is 101 Å². The highest BCUT2D eigenvalue weighted by atomic mass is 32.2. The number of fused-ring (bicyclic) bond motifs is 1. The van der Waals surface area contributed by atoms with Gasteiger partial charge in [0.25, 0.3) is 0 Å². The van der Waals surface area contributed by atoms with Gasteiger partial charge in [0.2, 0.25) is 0 Å². The van der Waals surface area contributed by atoms with Gasteiger partial charge in [0, 0.05) is 12.3 Å². The zero-order valence-electron chi connectivity index (χ0n) is 20.5. The first-order chi connectivity index (χ1) is 16.8. The first-order valence-electron chi connectivity index (χ1n) is 12.9. The van der Waals surface area contributed by atoms with Crippen molar-refractivity contribution in [2.45, 2.75) is 80.1 Å². The molecule has 4 rings (SSSR count). The predicted molar refractivity (Wildman–Crippen MR) is 134 cm³/mol. The molecule has 0 spiro atoms. The maximum Gasteiger partial charge on any atom is 0.305 e. The summed E-state index contributed by atoms with van der Waals surface area (Å²) in [5.74, 6) is 0.105. The molecule has 6 nitrogen and oxygen atoms in total. The van der Waals surface area contributed by atoms with Crippen LogP contribution >= 0.6 is 0 Å². The van der Waals surface area contributed by atoms with Crippen molar-refractivity contribution in [2.24, 2.45) is 23.7 Å². The first-order valence-corrected chi connectivity index (χ1v) is 14.5. The van der Waals surface area contributed by atoms with Gasteiger partial charge in [0.05, 0.1) is 29.5 Å². The molecule has 1 unspecified atom stereocenters. The van der Waals surface area contributed by atoms with Gasteiger partial charge in [-0.15, -0.1) is 0 Å². The number of benzene rings is 1. The van der Waals surface area contributed by atoms with Crippen molar-refractivity contribution in [1.82, 2.24) is 0 Å². The molecule has 0 amide bonds. The van der Waals surface area contributed by atoms with Crippen molar-refractivity contribution in [3.8, 4) is 0 Å². The second-order valence-corrected chi connectivity index (χ2v) is 12.5. The average molecular weight is 503 g/mol. The lowest BCUT2D eigenvalue weighted by molar-refractivity contribution is -0.140. The van der Waals surface area contributed by atoms with Crippen LogP contribution in [0, 0.1) is 23.7 Å². The van der Waals surface area contributed by atoms with Gasteiger partial charge in [-0.05, 0) is 68.4 Å². The summed E-state index contributed by atoms with van der Waals surface area (Å²) in [6.07, 6.45) is 11.5. The number of aliphatic hydroxyl groups excluding tert-OH is 2. The molecule has 192 valence electrons. The molecule has 0 bridgehead atoms. The summed E-state index contributed by atoms with van der Waals surface area (Å²) in [6.45, 7) is 0. The third kappa shape index (κ3) is 5.89. The fourth-order valence-corrected chi connectivity index (χ4v) is 8.25. The van der Waals surface area contributed by atoms with Gasteiger partial charge in [-0.3, -0.25) is 4.79 Å². The molecule has 2 saturated carbocycles. The Bertz CT molecular complexity index is 1020. The Kier molecular flexibility index (Phi) is 8.50. The SMILES string of the molecule is COC(=O)CCCC(C1=C[C@H]2C[C@@H](O)[C@@H](/C=C/[C@@H](O)C3CCCC3)[C@H]2C1)S(=O)(=O)c1ccccc1. The van der Waals surface area contributed by atoms with E-state index in [2.05, 4.69) is 6.08 Å². The van der Waals surface area contributed by atoms with E-state index in [1.165, 1.54) is 7.11 Å². The molecule has 35 heavy (non-hydrogen) atoms. The largest absolute Gasteiger partial charge is 0.469 e. The van der Waals surface area contributed by atoms with Crippen LogP contribution in [-0.2, 0) is 19.4 Å². The Labute approximate surface area is 209 Å². The lowest BCUT2D eigenvalue weighted by Gasteiger charge is -2.23. The van der Waals surface area contributed by atoms with E-state index in [1.807, 2.05) is 12.2 Å². The zero-order valence-corrected chi connectivity index (χ0v) is 21.3. The third-order valence-electron chi connectivity index (χ3n) is 8.25. The lowest BCUT2D eigenvalue weighted by atomic mass is 9.87. The van der Waals surface area contributed by atoms with Crippen molar-refractivity contribution in [3.63, 3.8) is 0 Å². The Morgan fingerprint density at radius 2 is 1.91 bits per heavy atom. The number of allylic oxidation sites excluding steroid dienone is 1. The Hall–Kier alpha value is -1.96. The van der Waals surface area contributed by atoms with E-state index in [0.29, 0.717) is 31.6 Å². The number of rotatable bonds is 10. The monoisotopic (exact) mass is 502 g/mol. The third-order valence-corrected chi connectivity index (χ3v) is 10.5. The average Bonchev–Trinajstić information content (AvgIpc) is 3.58. The fraction of sp³-hybridized carbons (Fsp3) is 0.607. The molecule has 1 aromatic rings. The molecule has 6 atom stereocenters. The number of hydrogen-bond acceptors (Lipinski definition) is 6. The smallest absolute Gasteiger partial charge is 0.305 e. The number of ether oxygens (including phenoxy) is 1. The Balaban J connectivity index is 1.51. The summed E-state index contributed by atoms with van der Waals surface area (Å²) < 4.78 is 32.0. The summed E-state index contributed by atoms with van der Waals surface area (Å²) in [5, 5.41) is 20.6. The minimum atomic E-state index is -3.63. The molecule has 0 saturated heterocycles. The van der Waals surface area contributed by atoms with Gasteiger partial charge in [-0.25, -0.2) is 8.42 Å². The molecule has 0 aromatic heterocycles. The summed E-state index contributed by atoms with van der Waals surface area (Å²) in [4.78, 5) is 11.9. The minimum absolute atomic E-state index is 0.0973. The molecule has 1 aromatic carbocycles. The van der Waals surface area contributed by atoms with Gasteiger partial charge in [0.1, 0.15) is 0 Å². The van der Waals surface area contributed by atoms with Crippen molar-refractivity contribution < 1.29 is 28.2 Å². The van der Waals surface area contributed by atoms with Crippen LogP contribution in [0.1, 0.15) is 57.8 Å². The summed E-state index contributed by atoms with van der Waals surface area (Å²) in [7, 11) is -2.29. The van der Waals surface area contributed by atoms with Crippen molar-refractivity contribution >= 4 is 15.8 Å². The maximum atomic E-state index is 13.6. The second kappa shape index (κ2) is 11.4. The molecule has 0 heterocycles. The van der Waals surface area contributed by atoms with Gasteiger partial charge in [0.15, 0.2) is 9.84 Å². The lowest BCUT2D eigenvalue weighted by Crippen LogP contribution is -2.26. The Morgan fingerprint density at radius 3 is 2.60 bits per heavy atom. The molecular weight excluding hydrogens is 464 g/mol. The molecule has 3 aliphatic rings. The van der Waals surface area contributed by atoms with Gasteiger partial charge < -0.3 is 14.9 Å². The van der Waals surface area contributed by atoms with Crippen LogP contribution in [0.2, 0.25) is 0 Å². The van der Waals surface area contributed by atoms with Crippen LogP contribution in [0.3, 0.4) is 0 Å². The van der Waals surface area contributed by atoms with Crippen molar-refractivity contribution in [1.29, 1.82) is 0 Å². The summed E-state index contributed by atoms with van der Waals surface area (Å²) in [5.41, 5.74) is 0.885. The fourth-order valence-electron chi connectivity index (χ4n) is 6.33. The van der Waals surface area contributed by atoms with Gasteiger partial charge in [-0.2, -0.15) is 0 Å². The van der Waals surface area contributed by atoms with Crippen molar-refractivity contribution in [3.05, 3.63) is 54.1 Å². The highest BCUT2D eigenvalue weighted by molar-refractivity contribution is 7.92. The van der Waals surface area contributed by atoms with Crippen LogP contribution < -0.4 is 0 Å². The molecule has 2 N–H and O–H groups in total.